The van der Waals surface area contributed by atoms with Crippen LogP contribution in [-0.2, 0) is 0 Å². The van der Waals surface area contributed by atoms with Crippen molar-refractivity contribution in [2.75, 3.05) is 36.5 Å². The molecular weight excluding hydrogens is 320 g/mol. The molecule has 1 atom stereocenters. The molecule has 3 rings (SSSR count). The molecule has 8 heteroatoms. The van der Waals surface area contributed by atoms with Crippen molar-refractivity contribution in [3.05, 3.63) is 36.4 Å². The summed E-state index contributed by atoms with van der Waals surface area (Å²) in [6.07, 6.45) is 3.28. The summed E-state index contributed by atoms with van der Waals surface area (Å²) in [4.78, 5) is 22.8. The maximum atomic E-state index is 12.1. The van der Waals surface area contributed by atoms with E-state index >= 15 is 0 Å². The molecule has 0 radical (unpaired) electrons. The van der Waals surface area contributed by atoms with Gasteiger partial charge in [0, 0.05) is 25.5 Å². The summed E-state index contributed by atoms with van der Waals surface area (Å²) in [6.45, 7) is 3.49. The predicted octanol–water partition coefficient (Wildman–Crippen LogP) is 2.04. The molecule has 1 aliphatic rings. The van der Waals surface area contributed by atoms with Gasteiger partial charge >= 0.3 is 6.03 Å². The summed E-state index contributed by atoms with van der Waals surface area (Å²) in [5.41, 5.74) is 2.18. The number of nitrogens with zero attached hydrogens (tertiary/aromatic N) is 4. The molecule has 0 aliphatic carbocycles. The lowest BCUT2D eigenvalue weighted by Crippen LogP contribution is -2.39. The maximum Gasteiger partial charge on any atom is 0.321 e. The summed E-state index contributed by atoms with van der Waals surface area (Å²) in [5.74, 6) is 0.693. The van der Waals surface area contributed by atoms with E-state index in [0.29, 0.717) is 31.1 Å². The van der Waals surface area contributed by atoms with Gasteiger partial charge in [-0.25, -0.2) is 9.78 Å². The van der Waals surface area contributed by atoms with E-state index in [2.05, 4.69) is 21.4 Å². The molecular formula is C17H20N6O2. The minimum absolute atomic E-state index is 0.185. The number of amides is 2. The van der Waals surface area contributed by atoms with Crippen LogP contribution in [-0.4, -0.2) is 42.7 Å². The second-order valence-electron chi connectivity index (χ2n) is 5.52. The van der Waals surface area contributed by atoms with Gasteiger partial charge in [-0.2, -0.15) is 5.26 Å². The fraction of sp³-hybridized carbons (Fsp3) is 0.353. The van der Waals surface area contributed by atoms with E-state index < -0.39 is 6.04 Å². The first-order valence-corrected chi connectivity index (χ1v) is 8.10. The Morgan fingerprint density at radius 1 is 1.60 bits per heavy atom. The van der Waals surface area contributed by atoms with Crippen LogP contribution in [0.15, 0.2) is 30.7 Å². The Balaban J connectivity index is 2.01. The molecule has 2 aromatic rings. The second kappa shape index (κ2) is 7.13. The van der Waals surface area contributed by atoms with E-state index in [9.17, 15) is 10.1 Å². The largest absolute Gasteiger partial charge is 0.490 e. The standard InChI is InChI=1S/C17H20N6O2/c1-3-22(17(24)19-2)12-4-5-16-14(8-12)23(6-7-25-16)15(9-18)13-10-20-11-21-13/h4-5,8,10-11,15H,3,6-7H2,1-2H3,(H,19,24)(H,20,21). The van der Waals surface area contributed by atoms with Gasteiger partial charge < -0.3 is 19.9 Å². The van der Waals surface area contributed by atoms with Crippen LogP contribution >= 0.6 is 0 Å². The molecule has 1 aliphatic heterocycles. The number of aromatic amines is 1. The third kappa shape index (κ3) is 3.08. The van der Waals surface area contributed by atoms with Gasteiger partial charge in [0.15, 0.2) is 6.04 Å². The number of benzene rings is 1. The van der Waals surface area contributed by atoms with Crippen molar-refractivity contribution in [2.45, 2.75) is 13.0 Å². The van der Waals surface area contributed by atoms with Crippen LogP contribution in [0.25, 0.3) is 0 Å². The number of hydrogen-bond donors (Lipinski definition) is 2. The number of ether oxygens (including phenoxy) is 1. The fourth-order valence-corrected chi connectivity index (χ4v) is 2.96. The van der Waals surface area contributed by atoms with Crippen LogP contribution < -0.4 is 19.9 Å². The number of imidazole rings is 1. The number of nitrogens with one attached hydrogen (secondary N) is 2. The molecule has 1 unspecified atom stereocenters. The van der Waals surface area contributed by atoms with Gasteiger partial charge in [0.2, 0.25) is 0 Å². The van der Waals surface area contributed by atoms with Crippen molar-refractivity contribution < 1.29 is 9.53 Å². The van der Waals surface area contributed by atoms with E-state index in [0.717, 1.165) is 11.4 Å². The average Bonchev–Trinajstić information content (AvgIpc) is 3.17. The Morgan fingerprint density at radius 3 is 3.08 bits per heavy atom. The minimum atomic E-state index is -0.528. The Bertz CT molecular complexity index is 783. The van der Waals surface area contributed by atoms with Gasteiger partial charge in [0.1, 0.15) is 12.4 Å². The third-order valence-electron chi connectivity index (χ3n) is 4.16. The highest BCUT2D eigenvalue weighted by molar-refractivity contribution is 5.92. The quantitative estimate of drug-likeness (QED) is 0.888. The van der Waals surface area contributed by atoms with Gasteiger partial charge in [-0.1, -0.05) is 0 Å². The summed E-state index contributed by atoms with van der Waals surface area (Å²) >= 11 is 0. The molecule has 25 heavy (non-hydrogen) atoms. The lowest BCUT2D eigenvalue weighted by molar-refractivity contribution is 0.248. The van der Waals surface area contributed by atoms with Gasteiger partial charge in [-0.05, 0) is 25.1 Å². The second-order valence-corrected chi connectivity index (χ2v) is 5.52. The number of H-pyrrole nitrogens is 1. The first-order chi connectivity index (χ1) is 12.2. The van der Waals surface area contributed by atoms with Gasteiger partial charge in [-0.15, -0.1) is 0 Å². The number of anilines is 2. The van der Waals surface area contributed by atoms with Crippen molar-refractivity contribution in [3.63, 3.8) is 0 Å². The summed E-state index contributed by atoms with van der Waals surface area (Å²) in [6, 6.07) is 7.15. The highest BCUT2D eigenvalue weighted by Crippen LogP contribution is 2.39. The number of fused-ring (bicyclic) bond motifs is 1. The van der Waals surface area contributed by atoms with Crippen LogP contribution in [0.2, 0.25) is 0 Å². The molecule has 0 bridgehead atoms. The molecule has 0 saturated carbocycles. The Labute approximate surface area is 146 Å². The highest BCUT2D eigenvalue weighted by Gasteiger charge is 2.28. The van der Waals surface area contributed by atoms with E-state index in [4.69, 9.17) is 4.74 Å². The lowest BCUT2D eigenvalue weighted by Gasteiger charge is -2.34. The summed E-state index contributed by atoms with van der Waals surface area (Å²) < 4.78 is 5.72. The monoisotopic (exact) mass is 340 g/mol. The zero-order valence-electron chi connectivity index (χ0n) is 14.2. The topological polar surface area (TPSA) is 97.3 Å². The normalized spacial score (nSPS) is 14.0. The van der Waals surface area contributed by atoms with Gasteiger partial charge in [-0.3, -0.25) is 4.90 Å². The smallest absolute Gasteiger partial charge is 0.321 e. The van der Waals surface area contributed by atoms with Crippen LogP contribution in [0.4, 0.5) is 16.2 Å². The van der Waals surface area contributed by atoms with Crippen molar-refractivity contribution in [2.24, 2.45) is 0 Å². The molecule has 8 nitrogen and oxygen atoms in total. The number of hydrogen-bond acceptors (Lipinski definition) is 5. The zero-order valence-corrected chi connectivity index (χ0v) is 14.2. The third-order valence-corrected chi connectivity index (χ3v) is 4.16. The first kappa shape index (κ1) is 16.6. The molecule has 0 saturated heterocycles. The molecule has 130 valence electrons. The van der Waals surface area contributed by atoms with Crippen LogP contribution in [0.1, 0.15) is 18.7 Å². The van der Waals surface area contributed by atoms with Crippen molar-refractivity contribution >= 4 is 17.4 Å². The lowest BCUT2D eigenvalue weighted by atomic mass is 10.1. The number of carbonyl (C=O) groups is 1. The van der Waals surface area contributed by atoms with Gasteiger partial charge in [0.25, 0.3) is 0 Å². The SMILES string of the molecule is CCN(C(=O)NC)c1ccc2c(c1)N(C(C#N)c1c[nH]cn1)CCO2. The number of urea groups is 1. The number of aromatic nitrogens is 2. The summed E-state index contributed by atoms with van der Waals surface area (Å²) in [5, 5.41) is 12.3. The molecule has 2 amide bonds. The number of nitriles is 1. The Morgan fingerprint density at radius 2 is 2.44 bits per heavy atom. The average molecular weight is 340 g/mol. The molecule has 2 N–H and O–H groups in total. The van der Waals surface area contributed by atoms with E-state index in [-0.39, 0.29) is 6.03 Å². The maximum absolute atomic E-state index is 12.1. The highest BCUT2D eigenvalue weighted by atomic mass is 16.5. The molecule has 0 fully saturated rings. The Hall–Kier alpha value is -3.21. The minimum Gasteiger partial charge on any atom is -0.490 e. The van der Waals surface area contributed by atoms with E-state index in [1.165, 1.54) is 0 Å². The fourth-order valence-electron chi connectivity index (χ4n) is 2.96. The molecule has 1 aromatic carbocycles. The van der Waals surface area contributed by atoms with Crippen LogP contribution in [0.3, 0.4) is 0 Å². The van der Waals surface area contributed by atoms with Crippen LogP contribution in [0, 0.1) is 11.3 Å². The zero-order chi connectivity index (χ0) is 17.8. The van der Waals surface area contributed by atoms with E-state index in [1.54, 1.807) is 24.5 Å². The first-order valence-electron chi connectivity index (χ1n) is 8.10. The van der Waals surface area contributed by atoms with Crippen molar-refractivity contribution in [1.29, 1.82) is 5.26 Å². The predicted molar refractivity (Wildman–Crippen MR) is 93.7 cm³/mol. The van der Waals surface area contributed by atoms with Gasteiger partial charge in [0.05, 0.1) is 30.3 Å². The van der Waals surface area contributed by atoms with Crippen LogP contribution in [0.5, 0.6) is 5.75 Å². The Kier molecular flexibility index (Phi) is 4.75. The number of rotatable bonds is 4. The molecule has 2 heterocycles. The van der Waals surface area contributed by atoms with E-state index in [1.807, 2.05) is 30.0 Å². The molecule has 1 aromatic heterocycles. The molecule has 0 spiro atoms. The summed E-state index contributed by atoms with van der Waals surface area (Å²) in [7, 11) is 1.60. The number of carbonyl (C=O) groups excluding carboxylic acids is 1. The van der Waals surface area contributed by atoms with Crippen molar-refractivity contribution in [3.8, 4) is 11.8 Å². The van der Waals surface area contributed by atoms with Crippen molar-refractivity contribution in [1.82, 2.24) is 15.3 Å².